The van der Waals surface area contributed by atoms with Crippen LogP contribution in [0, 0.1) is 0 Å². The van der Waals surface area contributed by atoms with Gasteiger partial charge in [-0.1, -0.05) is 41.9 Å². The first-order valence-corrected chi connectivity index (χ1v) is 10.2. The van der Waals surface area contributed by atoms with E-state index in [-0.39, 0.29) is 5.91 Å². The average Bonchev–Trinajstić information content (AvgIpc) is 2.78. The number of carbonyl (C=O) groups excluding carboxylic acids is 1. The lowest BCUT2D eigenvalue weighted by Crippen LogP contribution is -2.45. The van der Waals surface area contributed by atoms with Crippen molar-refractivity contribution in [2.24, 2.45) is 0 Å². The van der Waals surface area contributed by atoms with Gasteiger partial charge in [-0.3, -0.25) is 14.5 Å². The summed E-state index contributed by atoms with van der Waals surface area (Å²) in [7, 11) is 0. The smallest absolute Gasteiger partial charge is 0.313 e. The predicted molar refractivity (Wildman–Crippen MR) is 115 cm³/mol. The number of hydrogen-bond donors (Lipinski definition) is 1. The number of amides is 1. The highest BCUT2D eigenvalue weighted by atomic mass is 35.5. The van der Waals surface area contributed by atoms with Crippen LogP contribution in [0.1, 0.15) is 33.4 Å². The first kappa shape index (κ1) is 19.5. The molecule has 0 fully saturated rings. The van der Waals surface area contributed by atoms with Crippen LogP contribution in [0.25, 0.3) is 0 Å². The minimum atomic E-state index is -1.02. The van der Waals surface area contributed by atoms with E-state index in [1.807, 2.05) is 0 Å². The Hall–Kier alpha value is -3.51. The Kier molecular flexibility index (Phi) is 4.79. The van der Waals surface area contributed by atoms with Crippen LogP contribution in [0.4, 0.5) is 5.69 Å². The number of nitrogens with zero attached hydrogens (tertiary/aromatic N) is 1. The summed E-state index contributed by atoms with van der Waals surface area (Å²) in [6, 6.07) is 18.2. The lowest BCUT2D eigenvalue weighted by Gasteiger charge is -2.41. The monoisotopic (exact) mass is 435 g/mol. The van der Waals surface area contributed by atoms with Gasteiger partial charge < -0.3 is 14.6 Å². The van der Waals surface area contributed by atoms with Gasteiger partial charge >= 0.3 is 5.97 Å². The number of anilines is 1. The summed E-state index contributed by atoms with van der Waals surface area (Å²) in [6.45, 7) is 0.858. The third-order valence-corrected chi connectivity index (χ3v) is 5.83. The highest BCUT2D eigenvalue weighted by Gasteiger charge is 2.45. The second kappa shape index (κ2) is 7.63. The maximum absolute atomic E-state index is 13.6. The average molecular weight is 436 g/mol. The van der Waals surface area contributed by atoms with E-state index in [0.717, 1.165) is 0 Å². The van der Waals surface area contributed by atoms with Crippen LogP contribution >= 0.6 is 11.6 Å². The van der Waals surface area contributed by atoms with Crippen LogP contribution in [-0.2, 0) is 4.79 Å². The second-order valence-corrected chi connectivity index (χ2v) is 7.84. The van der Waals surface area contributed by atoms with Crippen molar-refractivity contribution in [3.05, 3.63) is 88.4 Å². The SMILES string of the molecule is O=C(O)[C@H]1c2ccccc2C(=O)N(c2cccc(Cl)c2)[C@@H]1c1ccc2c(c1)OCCO2. The molecule has 5 rings (SSSR count). The van der Waals surface area contributed by atoms with Crippen LogP contribution in [-0.4, -0.2) is 30.2 Å². The molecule has 2 aliphatic heterocycles. The zero-order valence-corrected chi connectivity index (χ0v) is 17.1. The molecular formula is C24H18ClNO5. The molecule has 156 valence electrons. The Labute approximate surface area is 183 Å². The van der Waals surface area contributed by atoms with Gasteiger partial charge in [0.25, 0.3) is 5.91 Å². The Balaban J connectivity index is 1.74. The maximum Gasteiger partial charge on any atom is 0.313 e. The van der Waals surface area contributed by atoms with E-state index >= 15 is 0 Å². The summed E-state index contributed by atoms with van der Waals surface area (Å²) in [5, 5.41) is 10.7. The molecular weight excluding hydrogens is 418 g/mol. The summed E-state index contributed by atoms with van der Waals surface area (Å²) in [4.78, 5) is 27.6. The lowest BCUT2D eigenvalue weighted by molar-refractivity contribution is -0.139. The molecule has 0 spiro atoms. The van der Waals surface area contributed by atoms with Crippen molar-refractivity contribution in [3.8, 4) is 11.5 Å². The molecule has 1 N–H and O–H groups in total. The van der Waals surface area contributed by atoms with Gasteiger partial charge in [0.05, 0.1) is 6.04 Å². The van der Waals surface area contributed by atoms with E-state index < -0.39 is 17.9 Å². The Morgan fingerprint density at radius 3 is 2.52 bits per heavy atom. The van der Waals surface area contributed by atoms with Crippen molar-refractivity contribution in [2.75, 3.05) is 18.1 Å². The van der Waals surface area contributed by atoms with E-state index in [1.54, 1.807) is 66.7 Å². The molecule has 2 heterocycles. The second-order valence-electron chi connectivity index (χ2n) is 7.41. The summed E-state index contributed by atoms with van der Waals surface area (Å²) < 4.78 is 11.3. The van der Waals surface area contributed by atoms with Gasteiger partial charge in [0, 0.05) is 16.3 Å². The Bertz CT molecular complexity index is 1190. The number of fused-ring (bicyclic) bond motifs is 2. The predicted octanol–water partition coefficient (Wildman–Crippen LogP) is 4.68. The molecule has 0 aliphatic carbocycles. The lowest BCUT2D eigenvalue weighted by atomic mass is 9.79. The molecule has 3 aromatic carbocycles. The van der Waals surface area contributed by atoms with Crippen molar-refractivity contribution in [3.63, 3.8) is 0 Å². The van der Waals surface area contributed by atoms with Crippen molar-refractivity contribution in [2.45, 2.75) is 12.0 Å². The summed E-state index contributed by atoms with van der Waals surface area (Å²) in [5.74, 6) is -1.15. The van der Waals surface area contributed by atoms with Crippen molar-refractivity contribution in [1.82, 2.24) is 0 Å². The number of aliphatic carboxylic acids is 1. The molecule has 0 unspecified atom stereocenters. The summed E-state index contributed by atoms with van der Waals surface area (Å²) in [5.41, 5.74) is 2.01. The Morgan fingerprint density at radius 2 is 1.74 bits per heavy atom. The molecule has 0 saturated heterocycles. The van der Waals surface area contributed by atoms with Gasteiger partial charge in [-0.25, -0.2) is 0 Å². The van der Waals surface area contributed by atoms with Gasteiger partial charge in [0.1, 0.15) is 19.1 Å². The van der Waals surface area contributed by atoms with Crippen LogP contribution < -0.4 is 14.4 Å². The van der Waals surface area contributed by atoms with Crippen molar-refractivity contribution in [1.29, 1.82) is 0 Å². The topological polar surface area (TPSA) is 76.1 Å². The van der Waals surface area contributed by atoms with Gasteiger partial charge in [0.15, 0.2) is 11.5 Å². The third kappa shape index (κ3) is 3.29. The maximum atomic E-state index is 13.6. The number of carbonyl (C=O) groups is 2. The Morgan fingerprint density at radius 1 is 0.968 bits per heavy atom. The first-order chi connectivity index (χ1) is 15.0. The van der Waals surface area contributed by atoms with Crippen LogP contribution in [0.3, 0.4) is 0 Å². The molecule has 1 amide bonds. The molecule has 7 heteroatoms. The van der Waals surface area contributed by atoms with Crippen LogP contribution in [0.15, 0.2) is 66.7 Å². The first-order valence-electron chi connectivity index (χ1n) is 9.85. The van der Waals surface area contributed by atoms with Gasteiger partial charge in [0.2, 0.25) is 0 Å². The van der Waals surface area contributed by atoms with E-state index in [4.69, 9.17) is 21.1 Å². The highest BCUT2D eigenvalue weighted by Crippen LogP contribution is 2.47. The number of halogens is 1. The molecule has 2 atom stereocenters. The number of hydrogen-bond acceptors (Lipinski definition) is 4. The molecule has 6 nitrogen and oxygen atoms in total. The fourth-order valence-electron chi connectivity index (χ4n) is 4.30. The number of carboxylic acids is 1. The summed E-state index contributed by atoms with van der Waals surface area (Å²) in [6.07, 6.45) is 0. The molecule has 0 aromatic heterocycles. The molecule has 0 bridgehead atoms. The number of rotatable bonds is 3. The van der Waals surface area contributed by atoms with Crippen molar-refractivity contribution < 1.29 is 24.2 Å². The minimum absolute atomic E-state index is 0.282. The van der Waals surface area contributed by atoms with E-state index in [0.29, 0.717) is 52.1 Å². The standard InChI is InChI=1S/C24H18ClNO5/c25-15-4-3-5-16(13-15)26-22(14-8-9-19-20(12-14)31-11-10-30-19)21(24(28)29)17-6-1-2-7-18(17)23(26)27/h1-9,12-13,21-22H,10-11H2,(H,28,29)/t21-,22+/m0/s1. The molecule has 3 aromatic rings. The number of benzene rings is 3. The number of ether oxygens (including phenoxy) is 2. The van der Waals surface area contributed by atoms with E-state index in [9.17, 15) is 14.7 Å². The fourth-order valence-corrected chi connectivity index (χ4v) is 4.48. The normalized spacial score (nSPS) is 19.6. The summed E-state index contributed by atoms with van der Waals surface area (Å²) >= 11 is 6.21. The van der Waals surface area contributed by atoms with Crippen molar-refractivity contribution >= 4 is 29.2 Å². The molecule has 0 radical (unpaired) electrons. The third-order valence-electron chi connectivity index (χ3n) is 5.60. The van der Waals surface area contributed by atoms with Gasteiger partial charge in [-0.15, -0.1) is 0 Å². The zero-order chi connectivity index (χ0) is 21.5. The minimum Gasteiger partial charge on any atom is -0.486 e. The zero-order valence-electron chi connectivity index (χ0n) is 16.3. The van der Waals surface area contributed by atoms with Crippen LogP contribution in [0.5, 0.6) is 11.5 Å². The van der Waals surface area contributed by atoms with Gasteiger partial charge in [-0.2, -0.15) is 0 Å². The molecule has 0 saturated carbocycles. The molecule has 31 heavy (non-hydrogen) atoms. The quantitative estimate of drug-likeness (QED) is 0.646. The highest BCUT2D eigenvalue weighted by molar-refractivity contribution is 6.31. The number of carboxylic acid groups (broad SMARTS) is 1. The van der Waals surface area contributed by atoms with Crippen LogP contribution in [0.2, 0.25) is 5.02 Å². The molecule has 2 aliphatic rings. The van der Waals surface area contributed by atoms with E-state index in [2.05, 4.69) is 0 Å². The largest absolute Gasteiger partial charge is 0.486 e. The fraction of sp³-hybridized carbons (Fsp3) is 0.167. The van der Waals surface area contributed by atoms with Gasteiger partial charge in [-0.05, 0) is 47.5 Å². The van der Waals surface area contributed by atoms with E-state index in [1.165, 1.54) is 4.90 Å².